The van der Waals surface area contributed by atoms with E-state index in [2.05, 4.69) is 211 Å². The molecule has 0 atom stereocenters. The second kappa shape index (κ2) is 14.7. The minimum atomic E-state index is 0.575. The average Bonchev–Trinajstić information content (AvgIpc) is 3.89. The molecule has 290 valence electrons. The molecule has 0 fully saturated rings. The topological polar surface area (TPSA) is 56.7 Å². The Morgan fingerprint density at radius 2 is 0.694 bits per heavy atom. The monoisotopic (exact) mass is 792 g/mol. The fourth-order valence-electron chi connectivity index (χ4n) is 8.80. The predicted molar refractivity (Wildman–Crippen MR) is 254 cm³/mol. The Balaban J connectivity index is 0.957. The van der Waals surface area contributed by atoms with Crippen LogP contribution in [0.4, 0.5) is 0 Å². The van der Waals surface area contributed by atoms with Crippen molar-refractivity contribution in [3.8, 4) is 73.2 Å². The Kier molecular flexibility index (Phi) is 8.42. The molecule has 0 aliphatic heterocycles. The van der Waals surface area contributed by atoms with Gasteiger partial charge in [-0.15, -0.1) is 0 Å². The highest BCUT2D eigenvalue weighted by molar-refractivity contribution is 6.11. The van der Waals surface area contributed by atoms with E-state index in [0.29, 0.717) is 17.5 Å². The van der Waals surface area contributed by atoms with Gasteiger partial charge in [0.2, 0.25) is 0 Å². The molecule has 3 aromatic heterocycles. The van der Waals surface area contributed by atoms with Crippen molar-refractivity contribution in [3.05, 3.63) is 218 Å². The normalized spacial score (nSPS) is 11.5. The third-order valence-corrected chi connectivity index (χ3v) is 11.8. The molecule has 0 unspecified atom stereocenters. The van der Waals surface area contributed by atoms with Gasteiger partial charge >= 0.3 is 0 Å². The van der Waals surface area contributed by atoms with Crippen LogP contribution >= 0.6 is 0 Å². The lowest BCUT2D eigenvalue weighted by atomic mass is 10.0. The molecule has 0 N–H and O–H groups in total. The summed E-state index contributed by atoms with van der Waals surface area (Å²) >= 11 is 0. The largest absolute Gasteiger partial charge is 0.456 e. The summed E-state index contributed by atoms with van der Waals surface area (Å²) in [7, 11) is 0. The fraction of sp³-hybridized carbons (Fsp3) is 0. The number of hydrogen-bond donors (Lipinski definition) is 0. The minimum absolute atomic E-state index is 0.575. The van der Waals surface area contributed by atoms with Crippen LogP contribution in [0.15, 0.2) is 223 Å². The molecule has 0 bridgehead atoms. The zero-order valence-corrected chi connectivity index (χ0v) is 33.5. The first kappa shape index (κ1) is 35.5. The molecule has 0 spiro atoms. The first-order chi connectivity index (χ1) is 30.7. The van der Waals surface area contributed by atoms with E-state index >= 15 is 0 Å². The van der Waals surface area contributed by atoms with E-state index < -0.39 is 0 Å². The minimum Gasteiger partial charge on any atom is -0.456 e. The standard InChI is InChI=1S/C57H36N4O/c1-4-14-37(15-5-1)39-18-12-20-43(32-39)55-58-56(44-21-13-19-40(33-44)38-16-6-2-7-17-38)60-57(59-55)45-27-30-49-48-29-26-42(35-53(48)62-54(49)36-45)41-28-31-52-50(34-41)47-24-10-11-25-51(47)61(52)46-22-8-3-9-23-46/h1-36H. The van der Waals surface area contributed by atoms with Crippen molar-refractivity contribution in [3.63, 3.8) is 0 Å². The Labute approximate surface area is 357 Å². The first-order valence-corrected chi connectivity index (χ1v) is 20.8. The Hall–Kier alpha value is -8.41. The molecule has 0 saturated heterocycles. The van der Waals surface area contributed by atoms with Crippen molar-refractivity contribution < 1.29 is 4.42 Å². The van der Waals surface area contributed by atoms with E-state index in [9.17, 15) is 0 Å². The molecule has 5 heteroatoms. The summed E-state index contributed by atoms with van der Waals surface area (Å²) in [6.45, 7) is 0. The van der Waals surface area contributed by atoms with Crippen LogP contribution in [0.2, 0.25) is 0 Å². The Morgan fingerprint density at radius 1 is 0.274 bits per heavy atom. The van der Waals surface area contributed by atoms with E-state index in [1.807, 2.05) is 12.1 Å². The lowest BCUT2D eigenvalue weighted by Crippen LogP contribution is -2.00. The highest BCUT2D eigenvalue weighted by Gasteiger charge is 2.18. The molecule has 12 aromatic rings. The number of benzene rings is 9. The van der Waals surface area contributed by atoms with Gasteiger partial charge in [-0.25, -0.2) is 15.0 Å². The second-order valence-corrected chi connectivity index (χ2v) is 15.6. The van der Waals surface area contributed by atoms with Crippen LogP contribution in [0.3, 0.4) is 0 Å². The number of fused-ring (bicyclic) bond motifs is 6. The van der Waals surface area contributed by atoms with E-state index in [4.69, 9.17) is 19.4 Å². The number of aromatic nitrogens is 4. The summed E-state index contributed by atoms with van der Waals surface area (Å²) in [6.07, 6.45) is 0. The van der Waals surface area contributed by atoms with Crippen LogP contribution in [0, 0.1) is 0 Å². The number of nitrogens with zero attached hydrogens (tertiary/aromatic N) is 4. The van der Waals surface area contributed by atoms with Crippen molar-refractivity contribution in [2.24, 2.45) is 0 Å². The smallest absolute Gasteiger partial charge is 0.164 e. The van der Waals surface area contributed by atoms with Gasteiger partial charge in [-0.3, -0.25) is 0 Å². The molecule has 0 aliphatic rings. The van der Waals surface area contributed by atoms with Gasteiger partial charge in [0.05, 0.1) is 11.0 Å². The highest BCUT2D eigenvalue weighted by atomic mass is 16.3. The van der Waals surface area contributed by atoms with Crippen LogP contribution in [0.5, 0.6) is 0 Å². The average molecular weight is 793 g/mol. The third-order valence-electron chi connectivity index (χ3n) is 11.8. The van der Waals surface area contributed by atoms with Crippen molar-refractivity contribution in [2.75, 3.05) is 0 Å². The predicted octanol–water partition coefficient (Wildman–Crippen LogP) is 14.9. The molecule has 3 heterocycles. The molecule has 9 aromatic carbocycles. The van der Waals surface area contributed by atoms with Gasteiger partial charge in [0.25, 0.3) is 0 Å². The van der Waals surface area contributed by atoms with Crippen LogP contribution in [-0.2, 0) is 0 Å². The summed E-state index contributed by atoms with van der Waals surface area (Å²) in [4.78, 5) is 15.4. The van der Waals surface area contributed by atoms with Crippen molar-refractivity contribution >= 4 is 43.7 Å². The maximum Gasteiger partial charge on any atom is 0.164 e. The molecule has 12 rings (SSSR count). The lowest BCUT2D eigenvalue weighted by Gasteiger charge is -2.10. The van der Waals surface area contributed by atoms with Crippen molar-refractivity contribution in [2.45, 2.75) is 0 Å². The van der Waals surface area contributed by atoms with Crippen LogP contribution in [0.1, 0.15) is 0 Å². The zero-order valence-electron chi connectivity index (χ0n) is 33.5. The maximum absolute atomic E-state index is 6.68. The van der Waals surface area contributed by atoms with E-state index in [0.717, 1.165) is 77.7 Å². The first-order valence-electron chi connectivity index (χ1n) is 20.8. The number of furan rings is 1. The maximum atomic E-state index is 6.68. The van der Waals surface area contributed by atoms with Gasteiger partial charge in [-0.05, 0) is 100 Å². The summed E-state index contributed by atoms with van der Waals surface area (Å²) in [5, 5.41) is 4.54. The van der Waals surface area contributed by atoms with Crippen molar-refractivity contribution in [1.29, 1.82) is 0 Å². The van der Waals surface area contributed by atoms with Gasteiger partial charge in [0.1, 0.15) is 11.2 Å². The molecule has 0 amide bonds. The SMILES string of the molecule is c1ccc(-c2cccc(-c3nc(-c4cccc(-c5ccccc5)c4)nc(-c4ccc5c(c4)oc4cc(-c6ccc7c(c6)c6ccccc6n7-c6ccccc6)ccc45)n3)c2)cc1. The summed E-state index contributed by atoms with van der Waals surface area (Å²) in [6, 6.07) is 76.3. The summed E-state index contributed by atoms with van der Waals surface area (Å²) in [5.41, 5.74) is 14.5. The third kappa shape index (κ3) is 6.23. The van der Waals surface area contributed by atoms with Gasteiger partial charge in [0.15, 0.2) is 17.5 Å². The van der Waals surface area contributed by atoms with Crippen LogP contribution < -0.4 is 0 Å². The number of para-hydroxylation sites is 2. The van der Waals surface area contributed by atoms with Gasteiger partial charge < -0.3 is 8.98 Å². The zero-order chi connectivity index (χ0) is 41.0. The number of hydrogen-bond acceptors (Lipinski definition) is 4. The highest BCUT2D eigenvalue weighted by Crippen LogP contribution is 2.38. The summed E-state index contributed by atoms with van der Waals surface area (Å²) < 4.78 is 9.02. The van der Waals surface area contributed by atoms with Crippen LogP contribution in [-0.4, -0.2) is 19.5 Å². The lowest BCUT2D eigenvalue weighted by molar-refractivity contribution is 0.669. The molecule has 0 saturated carbocycles. The van der Waals surface area contributed by atoms with E-state index in [1.54, 1.807) is 0 Å². The van der Waals surface area contributed by atoms with Gasteiger partial charge in [-0.1, -0.05) is 152 Å². The molecular weight excluding hydrogens is 757 g/mol. The van der Waals surface area contributed by atoms with Crippen LogP contribution in [0.25, 0.3) is 117 Å². The quantitative estimate of drug-likeness (QED) is 0.161. The van der Waals surface area contributed by atoms with E-state index in [-0.39, 0.29) is 0 Å². The van der Waals surface area contributed by atoms with Crippen molar-refractivity contribution in [1.82, 2.24) is 19.5 Å². The molecule has 0 radical (unpaired) electrons. The van der Waals surface area contributed by atoms with Gasteiger partial charge in [-0.2, -0.15) is 0 Å². The van der Waals surface area contributed by atoms with Gasteiger partial charge in [0, 0.05) is 43.9 Å². The molecule has 5 nitrogen and oxygen atoms in total. The Morgan fingerprint density at radius 3 is 1.31 bits per heavy atom. The number of rotatable bonds is 7. The molecular formula is C57H36N4O. The fourth-order valence-corrected chi connectivity index (χ4v) is 8.80. The second-order valence-electron chi connectivity index (χ2n) is 15.6. The molecule has 62 heavy (non-hydrogen) atoms. The van der Waals surface area contributed by atoms with E-state index in [1.165, 1.54) is 21.8 Å². The molecule has 0 aliphatic carbocycles. The Bertz CT molecular complexity index is 3530. The summed E-state index contributed by atoms with van der Waals surface area (Å²) in [5.74, 6) is 1.78.